The van der Waals surface area contributed by atoms with E-state index in [4.69, 9.17) is 0 Å². The highest BCUT2D eigenvalue weighted by Gasteiger charge is 2.23. The summed E-state index contributed by atoms with van der Waals surface area (Å²) in [5.74, 6) is 2.05. The summed E-state index contributed by atoms with van der Waals surface area (Å²) >= 11 is 0. The molecule has 2 rings (SSSR count). The minimum Gasteiger partial charge on any atom is -0.388 e. The lowest BCUT2D eigenvalue weighted by molar-refractivity contribution is -0.129. The standard InChI is InChI=1S/C17H29N5O2/c1-13(2)5-6-17(3,24)11-18-14-9-15(20-12-19-14)22-8-7-21(4)16(23)10-22/h9,12-13,24H,5-8,10-11H2,1-4H3,(H,18,19,20). The zero-order valence-electron chi connectivity index (χ0n) is 15.1. The number of amides is 1. The fourth-order valence-corrected chi connectivity index (χ4v) is 2.54. The Kier molecular flexibility index (Phi) is 5.99. The summed E-state index contributed by atoms with van der Waals surface area (Å²) < 4.78 is 0. The Morgan fingerprint density at radius 1 is 1.38 bits per heavy atom. The van der Waals surface area contributed by atoms with E-state index in [9.17, 15) is 9.90 Å². The number of nitrogens with zero attached hydrogens (tertiary/aromatic N) is 4. The summed E-state index contributed by atoms with van der Waals surface area (Å²) in [5.41, 5.74) is -0.779. The highest BCUT2D eigenvalue weighted by molar-refractivity contribution is 5.82. The van der Waals surface area contributed by atoms with E-state index in [1.807, 2.05) is 24.9 Å². The molecule has 0 aliphatic carbocycles. The third kappa shape index (κ3) is 5.33. The molecule has 1 aromatic heterocycles. The molecule has 2 N–H and O–H groups in total. The summed E-state index contributed by atoms with van der Waals surface area (Å²) in [7, 11) is 1.81. The molecular formula is C17H29N5O2. The van der Waals surface area contributed by atoms with E-state index in [2.05, 4.69) is 29.1 Å². The van der Waals surface area contributed by atoms with Crippen molar-refractivity contribution in [1.82, 2.24) is 14.9 Å². The molecule has 2 heterocycles. The van der Waals surface area contributed by atoms with Crippen LogP contribution in [0.25, 0.3) is 0 Å². The van der Waals surface area contributed by atoms with Crippen molar-refractivity contribution in [2.45, 2.75) is 39.2 Å². The van der Waals surface area contributed by atoms with Crippen LogP contribution in [0.15, 0.2) is 12.4 Å². The molecule has 1 aromatic rings. The van der Waals surface area contributed by atoms with E-state index >= 15 is 0 Å². The van der Waals surface area contributed by atoms with Crippen LogP contribution in [0.2, 0.25) is 0 Å². The van der Waals surface area contributed by atoms with Gasteiger partial charge in [0.1, 0.15) is 18.0 Å². The monoisotopic (exact) mass is 335 g/mol. The summed E-state index contributed by atoms with van der Waals surface area (Å²) in [6.07, 6.45) is 3.21. The zero-order valence-corrected chi connectivity index (χ0v) is 15.1. The normalized spacial score (nSPS) is 18.0. The Bertz CT molecular complexity index is 562. The van der Waals surface area contributed by atoms with Gasteiger partial charge in [-0.3, -0.25) is 4.79 Å². The molecule has 0 saturated carbocycles. The molecule has 134 valence electrons. The molecule has 0 aromatic carbocycles. The van der Waals surface area contributed by atoms with Gasteiger partial charge >= 0.3 is 0 Å². The number of likely N-dealkylation sites (N-methyl/N-ethyl adjacent to an activating group) is 1. The minimum atomic E-state index is -0.779. The van der Waals surface area contributed by atoms with Gasteiger partial charge in [-0.1, -0.05) is 13.8 Å². The average Bonchev–Trinajstić information content (AvgIpc) is 2.54. The van der Waals surface area contributed by atoms with Gasteiger partial charge in [0.05, 0.1) is 12.1 Å². The van der Waals surface area contributed by atoms with Crippen LogP contribution in [-0.2, 0) is 4.79 Å². The number of hydrogen-bond donors (Lipinski definition) is 2. The van der Waals surface area contributed by atoms with Crippen molar-refractivity contribution >= 4 is 17.5 Å². The lowest BCUT2D eigenvalue weighted by Crippen LogP contribution is -2.48. The second-order valence-corrected chi connectivity index (χ2v) is 7.28. The molecule has 1 amide bonds. The lowest BCUT2D eigenvalue weighted by Gasteiger charge is -2.32. The quantitative estimate of drug-likeness (QED) is 0.783. The van der Waals surface area contributed by atoms with Gasteiger partial charge in [-0.2, -0.15) is 0 Å². The number of hydrogen-bond acceptors (Lipinski definition) is 6. The number of rotatable bonds is 7. The summed E-state index contributed by atoms with van der Waals surface area (Å²) in [5, 5.41) is 13.6. The van der Waals surface area contributed by atoms with Gasteiger partial charge in [0.15, 0.2) is 0 Å². The summed E-state index contributed by atoms with van der Waals surface area (Å²) in [6, 6.07) is 1.83. The zero-order chi connectivity index (χ0) is 17.7. The maximum atomic E-state index is 11.8. The van der Waals surface area contributed by atoms with Crippen LogP contribution < -0.4 is 10.2 Å². The fourth-order valence-electron chi connectivity index (χ4n) is 2.54. The van der Waals surface area contributed by atoms with Crippen molar-refractivity contribution in [3.63, 3.8) is 0 Å². The topological polar surface area (TPSA) is 81.6 Å². The molecule has 1 aliphatic heterocycles. The minimum absolute atomic E-state index is 0.0889. The molecule has 1 aliphatic rings. The summed E-state index contributed by atoms with van der Waals surface area (Å²) in [6.45, 7) is 8.34. The molecule has 7 heteroatoms. The fraction of sp³-hybridized carbons (Fsp3) is 0.706. The number of aromatic nitrogens is 2. The van der Waals surface area contributed by atoms with E-state index in [0.29, 0.717) is 31.4 Å². The highest BCUT2D eigenvalue weighted by atomic mass is 16.3. The third-order valence-corrected chi connectivity index (χ3v) is 4.34. The van der Waals surface area contributed by atoms with Crippen molar-refractivity contribution in [3.05, 3.63) is 12.4 Å². The first-order valence-corrected chi connectivity index (χ1v) is 8.54. The van der Waals surface area contributed by atoms with E-state index in [0.717, 1.165) is 25.2 Å². The van der Waals surface area contributed by atoms with Gasteiger partial charge < -0.3 is 20.2 Å². The Hall–Kier alpha value is -1.89. The second kappa shape index (κ2) is 7.79. The molecule has 0 radical (unpaired) electrons. The van der Waals surface area contributed by atoms with E-state index in [-0.39, 0.29) is 5.91 Å². The van der Waals surface area contributed by atoms with Crippen LogP contribution in [0.4, 0.5) is 11.6 Å². The van der Waals surface area contributed by atoms with Gasteiger partial charge in [0, 0.05) is 32.7 Å². The Morgan fingerprint density at radius 3 is 2.79 bits per heavy atom. The SMILES string of the molecule is CC(C)CCC(C)(O)CNc1cc(N2CCN(C)C(=O)C2)ncn1. The smallest absolute Gasteiger partial charge is 0.241 e. The predicted octanol–water partition coefficient (Wildman–Crippen LogP) is 1.35. The molecule has 1 atom stereocenters. The van der Waals surface area contributed by atoms with Crippen LogP contribution in [0.5, 0.6) is 0 Å². The van der Waals surface area contributed by atoms with Crippen LogP contribution in [0.3, 0.4) is 0 Å². The van der Waals surface area contributed by atoms with Gasteiger partial charge in [-0.25, -0.2) is 9.97 Å². The molecule has 1 saturated heterocycles. The van der Waals surface area contributed by atoms with Gasteiger partial charge in [0.25, 0.3) is 0 Å². The number of piperazine rings is 1. The van der Waals surface area contributed by atoms with Gasteiger partial charge in [-0.15, -0.1) is 0 Å². The van der Waals surface area contributed by atoms with Crippen LogP contribution in [0.1, 0.15) is 33.6 Å². The van der Waals surface area contributed by atoms with Gasteiger partial charge in [-0.05, 0) is 25.7 Å². The number of carbonyl (C=O) groups is 1. The van der Waals surface area contributed by atoms with Crippen LogP contribution >= 0.6 is 0 Å². The predicted molar refractivity (Wildman–Crippen MR) is 95.1 cm³/mol. The molecule has 24 heavy (non-hydrogen) atoms. The Labute approximate surface area is 144 Å². The van der Waals surface area contributed by atoms with Crippen LogP contribution in [-0.4, -0.2) is 64.7 Å². The lowest BCUT2D eigenvalue weighted by atomic mass is 9.95. The first kappa shape index (κ1) is 18.4. The van der Waals surface area contributed by atoms with Crippen molar-refractivity contribution in [2.24, 2.45) is 5.92 Å². The van der Waals surface area contributed by atoms with Crippen molar-refractivity contribution < 1.29 is 9.90 Å². The Balaban J connectivity index is 1.94. The van der Waals surface area contributed by atoms with Gasteiger partial charge in [0.2, 0.25) is 5.91 Å². The Morgan fingerprint density at radius 2 is 2.12 bits per heavy atom. The maximum absolute atomic E-state index is 11.8. The molecule has 0 spiro atoms. The second-order valence-electron chi connectivity index (χ2n) is 7.28. The highest BCUT2D eigenvalue weighted by Crippen LogP contribution is 2.19. The number of aliphatic hydroxyl groups is 1. The number of nitrogens with one attached hydrogen (secondary N) is 1. The number of anilines is 2. The van der Waals surface area contributed by atoms with E-state index in [1.54, 1.807) is 4.90 Å². The largest absolute Gasteiger partial charge is 0.388 e. The van der Waals surface area contributed by atoms with Crippen molar-refractivity contribution in [2.75, 3.05) is 43.4 Å². The number of carbonyl (C=O) groups excluding carboxylic acids is 1. The van der Waals surface area contributed by atoms with E-state index < -0.39 is 5.60 Å². The van der Waals surface area contributed by atoms with Crippen molar-refractivity contribution in [3.8, 4) is 0 Å². The molecular weight excluding hydrogens is 306 g/mol. The molecule has 0 bridgehead atoms. The maximum Gasteiger partial charge on any atom is 0.241 e. The summed E-state index contributed by atoms with van der Waals surface area (Å²) in [4.78, 5) is 24.0. The van der Waals surface area contributed by atoms with Crippen LogP contribution in [0, 0.1) is 5.92 Å². The first-order valence-electron chi connectivity index (χ1n) is 8.54. The van der Waals surface area contributed by atoms with E-state index in [1.165, 1.54) is 6.33 Å². The molecule has 7 nitrogen and oxygen atoms in total. The molecule has 1 unspecified atom stereocenters. The van der Waals surface area contributed by atoms with Crippen molar-refractivity contribution in [1.29, 1.82) is 0 Å². The molecule has 1 fully saturated rings. The third-order valence-electron chi connectivity index (χ3n) is 4.34. The first-order chi connectivity index (χ1) is 11.3. The average molecular weight is 335 g/mol.